The van der Waals surface area contributed by atoms with Crippen LogP contribution in [0.25, 0.3) is 0 Å². The Morgan fingerprint density at radius 3 is 3.19 bits per heavy atom. The van der Waals surface area contributed by atoms with Gasteiger partial charge in [-0.3, -0.25) is 0 Å². The van der Waals surface area contributed by atoms with E-state index in [1.165, 1.54) is 25.9 Å². The van der Waals surface area contributed by atoms with Gasteiger partial charge in [0.1, 0.15) is 0 Å². The van der Waals surface area contributed by atoms with Gasteiger partial charge in [-0.2, -0.15) is 0 Å². The van der Waals surface area contributed by atoms with Crippen molar-refractivity contribution in [3.8, 4) is 0 Å². The lowest BCUT2D eigenvalue weighted by Gasteiger charge is -2.29. The van der Waals surface area contributed by atoms with Crippen LogP contribution in [-0.4, -0.2) is 41.5 Å². The average molecular weight is 220 g/mol. The molecule has 0 spiro atoms. The van der Waals surface area contributed by atoms with E-state index in [4.69, 9.17) is 0 Å². The van der Waals surface area contributed by atoms with Crippen LogP contribution in [0.4, 0.5) is 5.95 Å². The first kappa shape index (κ1) is 11.3. The highest BCUT2D eigenvalue weighted by Crippen LogP contribution is 2.15. The summed E-state index contributed by atoms with van der Waals surface area (Å²) in [6, 6.07) is 1.92. The molecule has 1 saturated heterocycles. The van der Waals surface area contributed by atoms with Gasteiger partial charge in [0.15, 0.2) is 0 Å². The summed E-state index contributed by atoms with van der Waals surface area (Å²) >= 11 is 0. The molecule has 1 aliphatic rings. The molecule has 16 heavy (non-hydrogen) atoms. The molecule has 1 fully saturated rings. The molecule has 0 aromatic carbocycles. The largest absolute Gasteiger partial charge is 0.354 e. The van der Waals surface area contributed by atoms with E-state index in [0.29, 0.717) is 0 Å². The van der Waals surface area contributed by atoms with Crippen molar-refractivity contribution in [2.75, 3.05) is 32.0 Å². The molecule has 4 nitrogen and oxygen atoms in total. The standard InChI is InChI=1S/C12H20N4/c1-10-5-6-13-12(15-10)14-8-11-4-3-7-16(2)9-11/h5-6,11H,3-4,7-9H2,1-2H3,(H,13,14,15). The zero-order valence-electron chi connectivity index (χ0n) is 10.1. The van der Waals surface area contributed by atoms with Crippen molar-refractivity contribution < 1.29 is 0 Å². The van der Waals surface area contributed by atoms with Crippen molar-refractivity contribution in [2.24, 2.45) is 5.92 Å². The molecule has 0 aliphatic carbocycles. The molecule has 4 heteroatoms. The number of hydrogen-bond acceptors (Lipinski definition) is 4. The summed E-state index contributed by atoms with van der Waals surface area (Å²) in [5.74, 6) is 1.48. The fourth-order valence-corrected chi connectivity index (χ4v) is 2.21. The number of likely N-dealkylation sites (tertiary alicyclic amines) is 1. The third kappa shape index (κ3) is 3.17. The van der Waals surface area contributed by atoms with Gasteiger partial charge in [-0.05, 0) is 45.3 Å². The molecule has 2 rings (SSSR count). The van der Waals surface area contributed by atoms with Crippen LogP contribution in [0.2, 0.25) is 0 Å². The van der Waals surface area contributed by atoms with Crippen molar-refractivity contribution in [2.45, 2.75) is 19.8 Å². The SMILES string of the molecule is Cc1ccnc(NCC2CCCN(C)C2)n1. The summed E-state index contributed by atoms with van der Waals surface area (Å²) in [5, 5.41) is 3.33. The second-order valence-corrected chi connectivity index (χ2v) is 4.67. The summed E-state index contributed by atoms with van der Waals surface area (Å²) in [6.45, 7) is 5.38. The highest BCUT2D eigenvalue weighted by molar-refractivity contribution is 5.24. The zero-order chi connectivity index (χ0) is 11.4. The summed E-state index contributed by atoms with van der Waals surface area (Å²) in [5.41, 5.74) is 1.01. The molecule has 2 heterocycles. The maximum Gasteiger partial charge on any atom is 0.222 e. The quantitative estimate of drug-likeness (QED) is 0.839. The van der Waals surface area contributed by atoms with Crippen molar-refractivity contribution in [3.63, 3.8) is 0 Å². The van der Waals surface area contributed by atoms with E-state index in [0.717, 1.165) is 24.1 Å². The third-order valence-corrected chi connectivity index (χ3v) is 3.07. The first-order valence-corrected chi connectivity index (χ1v) is 5.96. The number of nitrogens with zero attached hydrogens (tertiary/aromatic N) is 3. The second-order valence-electron chi connectivity index (χ2n) is 4.67. The maximum absolute atomic E-state index is 4.34. The van der Waals surface area contributed by atoms with Gasteiger partial charge in [-0.25, -0.2) is 9.97 Å². The Kier molecular flexibility index (Phi) is 3.72. The van der Waals surface area contributed by atoms with E-state index in [2.05, 4.69) is 27.2 Å². The second kappa shape index (κ2) is 5.25. The van der Waals surface area contributed by atoms with Crippen LogP contribution in [0.1, 0.15) is 18.5 Å². The summed E-state index contributed by atoms with van der Waals surface area (Å²) in [7, 11) is 2.19. The van der Waals surface area contributed by atoms with Crippen LogP contribution in [0.3, 0.4) is 0 Å². The van der Waals surface area contributed by atoms with Gasteiger partial charge in [-0.15, -0.1) is 0 Å². The van der Waals surface area contributed by atoms with Gasteiger partial charge in [0.25, 0.3) is 0 Å². The lowest BCUT2D eigenvalue weighted by molar-refractivity contribution is 0.217. The molecule has 1 N–H and O–H groups in total. The molecule has 0 amide bonds. The van der Waals surface area contributed by atoms with Gasteiger partial charge < -0.3 is 10.2 Å². The number of aryl methyl sites for hydroxylation is 1. The lowest BCUT2D eigenvalue weighted by Crippen LogP contribution is -2.35. The highest BCUT2D eigenvalue weighted by Gasteiger charge is 2.16. The van der Waals surface area contributed by atoms with Crippen molar-refractivity contribution in [1.29, 1.82) is 0 Å². The average Bonchev–Trinajstić information content (AvgIpc) is 2.27. The maximum atomic E-state index is 4.34. The van der Waals surface area contributed by atoms with Gasteiger partial charge in [0, 0.05) is 25.0 Å². The first-order chi connectivity index (χ1) is 7.74. The minimum absolute atomic E-state index is 0.725. The zero-order valence-corrected chi connectivity index (χ0v) is 10.1. The number of aromatic nitrogens is 2. The van der Waals surface area contributed by atoms with Gasteiger partial charge in [-0.1, -0.05) is 0 Å². The highest BCUT2D eigenvalue weighted by atomic mass is 15.1. The lowest BCUT2D eigenvalue weighted by atomic mass is 9.99. The van der Waals surface area contributed by atoms with E-state index in [9.17, 15) is 0 Å². The molecule has 1 atom stereocenters. The van der Waals surface area contributed by atoms with Crippen LogP contribution in [0.5, 0.6) is 0 Å². The van der Waals surface area contributed by atoms with E-state index >= 15 is 0 Å². The van der Waals surface area contributed by atoms with E-state index < -0.39 is 0 Å². The molecule has 0 radical (unpaired) electrons. The van der Waals surface area contributed by atoms with Crippen molar-refractivity contribution >= 4 is 5.95 Å². The van der Waals surface area contributed by atoms with Crippen LogP contribution >= 0.6 is 0 Å². The Morgan fingerprint density at radius 2 is 2.44 bits per heavy atom. The molecule has 88 valence electrons. The monoisotopic (exact) mass is 220 g/mol. The van der Waals surface area contributed by atoms with Crippen molar-refractivity contribution in [3.05, 3.63) is 18.0 Å². The van der Waals surface area contributed by atoms with Crippen molar-refractivity contribution in [1.82, 2.24) is 14.9 Å². The number of anilines is 1. The normalized spacial score (nSPS) is 22.0. The smallest absolute Gasteiger partial charge is 0.222 e. The molecule has 0 saturated carbocycles. The van der Waals surface area contributed by atoms with Crippen LogP contribution in [0, 0.1) is 12.8 Å². The first-order valence-electron chi connectivity index (χ1n) is 5.96. The Morgan fingerprint density at radius 1 is 1.56 bits per heavy atom. The summed E-state index contributed by atoms with van der Waals surface area (Å²) < 4.78 is 0. The van der Waals surface area contributed by atoms with Crippen LogP contribution < -0.4 is 5.32 Å². The Hall–Kier alpha value is -1.16. The van der Waals surface area contributed by atoms with E-state index in [1.807, 2.05) is 13.0 Å². The molecular formula is C12H20N4. The van der Waals surface area contributed by atoms with Crippen LogP contribution in [0.15, 0.2) is 12.3 Å². The predicted molar refractivity (Wildman–Crippen MR) is 65.5 cm³/mol. The molecule has 1 aromatic heterocycles. The Bertz CT molecular complexity index is 340. The molecule has 1 unspecified atom stereocenters. The third-order valence-electron chi connectivity index (χ3n) is 3.07. The molecule has 1 aliphatic heterocycles. The number of rotatable bonds is 3. The summed E-state index contributed by atoms with van der Waals surface area (Å²) in [4.78, 5) is 10.9. The number of hydrogen-bond donors (Lipinski definition) is 1. The van der Waals surface area contributed by atoms with Gasteiger partial charge in [0.05, 0.1) is 0 Å². The topological polar surface area (TPSA) is 41.1 Å². The molecule has 1 aromatic rings. The Labute approximate surface area is 97.1 Å². The van der Waals surface area contributed by atoms with Gasteiger partial charge >= 0.3 is 0 Å². The van der Waals surface area contributed by atoms with Crippen LogP contribution in [-0.2, 0) is 0 Å². The minimum Gasteiger partial charge on any atom is -0.354 e. The molecular weight excluding hydrogens is 200 g/mol. The minimum atomic E-state index is 0.725. The molecule has 0 bridgehead atoms. The fourth-order valence-electron chi connectivity index (χ4n) is 2.21. The fraction of sp³-hybridized carbons (Fsp3) is 0.667. The summed E-state index contributed by atoms with van der Waals surface area (Å²) in [6.07, 6.45) is 4.42. The van der Waals surface area contributed by atoms with E-state index in [-0.39, 0.29) is 0 Å². The number of nitrogens with one attached hydrogen (secondary N) is 1. The predicted octanol–water partition coefficient (Wildman–Crippen LogP) is 1.54. The Balaban J connectivity index is 1.82. The van der Waals surface area contributed by atoms with E-state index in [1.54, 1.807) is 6.20 Å². The number of piperidine rings is 1. The van der Waals surface area contributed by atoms with Gasteiger partial charge in [0.2, 0.25) is 5.95 Å².